The van der Waals surface area contributed by atoms with Crippen LogP contribution in [0.5, 0.6) is 5.75 Å². The molecule has 2 rings (SSSR count). The lowest BCUT2D eigenvalue weighted by Gasteiger charge is -2.30. The Labute approximate surface area is 192 Å². The lowest BCUT2D eigenvalue weighted by atomic mass is 9.85. The summed E-state index contributed by atoms with van der Waals surface area (Å²) < 4.78 is 5.40. The summed E-state index contributed by atoms with van der Waals surface area (Å²) in [5, 5.41) is 9.93. The summed E-state index contributed by atoms with van der Waals surface area (Å²) in [6.45, 7) is 6.85. The predicted molar refractivity (Wildman–Crippen MR) is 130 cm³/mol. The minimum atomic E-state index is 0. The highest BCUT2D eigenvalue weighted by molar-refractivity contribution is 14.0. The van der Waals surface area contributed by atoms with Crippen molar-refractivity contribution < 1.29 is 9.53 Å². The van der Waals surface area contributed by atoms with Gasteiger partial charge in [-0.15, -0.1) is 24.0 Å². The highest BCUT2D eigenvalue weighted by Crippen LogP contribution is 2.24. The highest BCUT2D eigenvalue weighted by atomic mass is 127. The number of hydrogen-bond acceptors (Lipinski definition) is 3. The Hall–Kier alpha value is -1.51. The largest absolute Gasteiger partial charge is 0.496 e. The Kier molecular flexibility index (Phi) is 11.4. The van der Waals surface area contributed by atoms with Crippen LogP contribution in [0.1, 0.15) is 50.7 Å². The molecule has 0 heterocycles. The van der Waals surface area contributed by atoms with Crippen LogP contribution in [0.25, 0.3) is 0 Å². The molecule has 0 radical (unpaired) electrons. The number of carbonyl (C=O) groups is 1. The van der Waals surface area contributed by atoms with Crippen LogP contribution in [0, 0.1) is 12.8 Å². The first kappa shape index (κ1) is 25.5. The van der Waals surface area contributed by atoms with Crippen molar-refractivity contribution in [3.05, 3.63) is 29.3 Å². The molecular weight excluding hydrogens is 479 g/mol. The number of methoxy groups -OCH3 is 1. The van der Waals surface area contributed by atoms with Crippen LogP contribution in [0.15, 0.2) is 23.2 Å². The van der Waals surface area contributed by atoms with E-state index in [0.717, 1.165) is 55.9 Å². The quantitative estimate of drug-likeness (QED) is 0.295. The third kappa shape index (κ3) is 8.40. The molecule has 1 aromatic carbocycles. The monoisotopic (exact) mass is 516 g/mol. The van der Waals surface area contributed by atoms with Gasteiger partial charge in [0.15, 0.2) is 5.96 Å². The van der Waals surface area contributed by atoms with Crippen molar-refractivity contribution in [1.82, 2.24) is 16.0 Å². The maximum atomic E-state index is 12.3. The molecule has 164 valence electrons. The van der Waals surface area contributed by atoms with E-state index in [2.05, 4.69) is 39.1 Å². The molecular formula is C22H37IN4O2. The number of hydrogen-bond donors (Lipinski definition) is 3. The fourth-order valence-electron chi connectivity index (χ4n) is 3.69. The van der Waals surface area contributed by atoms with Gasteiger partial charge in [0.2, 0.25) is 5.91 Å². The van der Waals surface area contributed by atoms with E-state index < -0.39 is 0 Å². The number of aliphatic imine (C=N–C) groups is 1. The number of amides is 1. The van der Waals surface area contributed by atoms with E-state index in [-0.39, 0.29) is 47.9 Å². The van der Waals surface area contributed by atoms with Crippen LogP contribution in [-0.4, -0.2) is 44.7 Å². The Morgan fingerprint density at radius 2 is 2.07 bits per heavy atom. The summed E-state index contributed by atoms with van der Waals surface area (Å²) in [4.78, 5) is 16.7. The van der Waals surface area contributed by atoms with E-state index in [9.17, 15) is 4.79 Å². The average molecular weight is 516 g/mol. The Morgan fingerprint density at radius 1 is 1.31 bits per heavy atom. The van der Waals surface area contributed by atoms with Crippen molar-refractivity contribution in [1.29, 1.82) is 0 Å². The highest BCUT2D eigenvalue weighted by Gasteiger charge is 2.27. The van der Waals surface area contributed by atoms with Gasteiger partial charge in [0.05, 0.1) is 7.11 Å². The van der Waals surface area contributed by atoms with E-state index in [0.29, 0.717) is 0 Å². The number of rotatable bonds is 7. The van der Waals surface area contributed by atoms with Gasteiger partial charge in [0.1, 0.15) is 5.75 Å². The summed E-state index contributed by atoms with van der Waals surface area (Å²) in [5.74, 6) is 1.99. The number of carbonyl (C=O) groups excluding carboxylic acids is 1. The second kappa shape index (κ2) is 12.9. The van der Waals surface area contributed by atoms with Crippen molar-refractivity contribution >= 4 is 35.8 Å². The maximum Gasteiger partial charge on any atom is 0.223 e. The maximum absolute atomic E-state index is 12.3. The van der Waals surface area contributed by atoms with Crippen LogP contribution < -0.4 is 20.7 Å². The second-order valence-corrected chi connectivity index (χ2v) is 7.92. The summed E-state index contributed by atoms with van der Waals surface area (Å²) in [6, 6.07) is 6.78. The standard InChI is InChI=1S/C22H36N4O2.HI/c1-15(2)25-21(27)18-7-6-8-19(14-18)26-22(23-4)24-12-11-17-10-9-16(3)20(13-17)28-5;/h9-10,13,15,18-19H,6-8,11-12,14H2,1-5H3,(H,25,27)(H2,23,24,26);1H. The van der Waals surface area contributed by atoms with Gasteiger partial charge in [-0.3, -0.25) is 9.79 Å². The van der Waals surface area contributed by atoms with Crippen LogP contribution in [-0.2, 0) is 11.2 Å². The number of nitrogens with zero attached hydrogens (tertiary/aromatic N) is 1. The zero-order valence-corrected chi connectivity index (χ0v) is 20.7. The van der Waals surface area contributed by atoms with Crippen molar-refractivity contribution in [2.24, 2.45) is 10.9 Å². The number of halogens is 1. The van der Waals surface area contributed by atoms with Gasteiger partial charge in [-0.2, -0.15) is 0 Å². The molecule has 1 saturated carbocycles. The summed E-state index contributed by atoms with van der Waals surface area (Å²) >= 11 is 0. The molecule has 0 aromatic heterocycles. The third-order valence-corrected chi connectivity index (χ3v) is 5.22. The van der Waals surface area contributed by atoms with Crippen molar-refractivity contribution in [3.8, 4) is 5.75 Å². The molecule has 29 heavy (non-hydrogen) atoms. The normalized spacial score (nSPS) is 19.3. The molecule has 2 atom stereocenters. The summed E-state index contributed by atoms with van der Waals surface area (Å²) in [5.41, 5.74) is 2.37. The van der Waals surface area contributed by atoms with Crippen molar-refractivity contribution in [3.63, 3.8) is 0 Å². The molecule has 1 aromatic rings. The Morgan fingerprint density at radius 3 is 2.72 bits per heavy atom. The number of aryl methyl sites for hydroxylation is 1. The SMILES string of the molecule is CN=C(NCCc1ccc(C)c(OC)c1)NC1CCCC(C(=O)NC(C)C)C1.I. The number of benzene rings is 1. The van der Waals surface area contributed by atoms with Gasteiger partial charge in [-0.1, -0.05) is 18.6 Å². The fraction of sp³-hybridized carbons (Fsp3) is 0.636. The van der Waals surface area contributed by atoms with Crippen LogP contribution in [0.2, 0.25) is 0 Å². The third-order valence-electron chi connectivity index (χ3n) is 5.22. The lowest BCUT2D eigenvalue weighted by molar-refractivity contribution is -0.126. The van der Waals surface area contributed by atoms with E-state index in [4.69, 9.17) is 4.74 Å². The van der Waals surface area contributed by atoms with Gasteiger partial charge in [-0.25, -0.2) is 0 Å². The van der Waals surface area contributed by atoms with Crippen LogP contribution in [0.3, 0.4) is 0 Å². The number of nitrogens with one attached hydrogen (secondary N) is 3. The molecule has 7 heteroatoms. The van der Waals surface area contributed by atoms with Gasteiger partial charge < -0.3 is 20.7 Å². The number of ether oxygens (including phenoxy) is 1. The predicted octanol–water partition coefficient (Wildman–Crippen LogP) is 3.41. The Bertz CT molecular complexity index is 679. The zero-order valence-electron chi connectivity index (χ0n) is 18.4. The molecule has 1 aliphatic rings. The molecule has 0 spiro atoms. The van der Waals surface area contributed by atoms with Crippen molar-refractivity contribution in [2.45, 2.75) is 65.0 Å². The molecule has 3 N–H and O–H groups in total. The van der Waals surface area contributed by atoms with Crippen LogP contribution in [0.4, 0.5) is 0 Å². The first-order chi connectivity index (χ1) is 13.4. The molecule has 2 unspecified atom stereocenters. The second-order valence-electron chi connectivity index (χ2n) is 7.92. The average Bonchev–Trinajstić information content (AvgIpc) is 2.68. The molecule has 0 bridgehead atoms. The molecule has 0 saturated heterocycles. The lowest BCUT2D eigenvalue weighted by Crippen LogP contribution is -2.47. The first-order valence-electron chi connectivity index (χ1n) is 10.3. The van der Waals surface area contributed by atoms with E-state index in [1.807, 2.05) is 20.8 Å². The summed E-state index contributed by atoms with van der Waals surface area (Å²) in [6.07, 6.45) is 4.85. The zero-order chi connectivity index (χ0) is 20.5. The molecule has 1 fully saturated rings. The Balaban J connectivity index is 0.00000420. The smallest absolute Gasteiger partial charge is 0.223 e. The van der Waals surface area contributed by atoms with Gasteiger partial charge in [0.25, 0.3) is 0 Å². The molecule has 1 aliphatic carbocycles. The number of guanidine groups is 1. The van der Waals surface area contributed by atoms with E-state index >= 15 is 0 Å². The molecule has 6 nitrogen and oxygen atoms in total. The minimum Gasteiger partial charge on any atom is -0.496 e. The summed E-state index contributed by atoms with van der Waals surface area (Å²) in [7, 11) is 3.49. The molecule has 0 aliphatic heterocycles. The van der Waals surface area contributed by atoms with Gasteiger partial charge in [-0.05, 0) is 63.6 Å². The van der Waals surface area contributed by atoms with Gasteiger partial charge in [0, 0.05) is 31.6 Å². The van der Waals surface area contributed by atoms with Gasteiger partial charge >= 0.3 is 0 Å². The first-order valence-corrected chi connectivity index (χ1v) is 10.3. The topological polar surface area (TPSA) is 74.8 Å². The molecule has 1 amide bonds. The minimum absolute atomic E-state index is 0. The van der Waals surface area contributed by atoms with Crippen molar-refractivity contribution in [2.75, 3.05) is 20.7 Å². The van der Waals surface area contributed by atoms with E-state index in [1.54, 1.807) is 14.2 Å². The fourth-order valence-corrected chi connectivity index (χ4v) is 3.69. The van der Waals surface area contributed by atoms with E-state index in [1.165, 1.54) is 5.56 Å². The van der Waals surface area contributed by atoms with Crippen LogP contribution >= 0.6 is 24.0 Å².